The second-order valence-electron chi connectivity index (χ2n) is 3.82. The number of ether oxygens (including phenoxy) is 1. The van der Waals surface area contributed by atoms with Crippen molar-refractivity contribution in [1.82, 2.24) is 4.90 Å². The molecule has 2 rings (SSSR count). The molecule has 1 aromatic carbocycles. The molecule has 2 nitrogen and oxygen atoms in total. The van der Waals surface area contributed by atoms with Gasteiger partial charge in [0.15, 0.2) is 0 Å². The normalized spacial score (nSPS) is 15.5. The van der Waals surface area contributed by atoms with Gasteiger partial charge in [-0.05, 0) is 11.1 Å². The molecule has 0 radical (unpaired) electrons. The minimum Gasteiger partial charge on any atom is -0.379 e. The first kappa shape index (κ1) is 11.0. The average Bonchev–Trinajstić information content (AvgIpc) is 2.67. The quantitative estimate of drug-likeness (QED) is 0.605. The zero-order valence-electron chi connectivity index (χ0n) is 8.85. The number of nitrogens with zero attached hydrogens (tertiary/aromatic N) is 1. The molecule has 0 unspecified atom stereocenters. The Kier molecular flexibility index (Phi) is 4.06. The molecular formula is C12H17NOS. The van der Waals surface area contributed by atoms with Crippen LogP contribution in [0.3, 0.4) is 0 Å². The number of benzene rings is 1. The van der Waals surface area contributed by atoms with Crippen LogP contribution in [-0.4, -0.2) is 30.4 Å². The largest absolute Gasteiger partial charge is 0.379 e. The summed E-state index contributed by atoms with van der Waals surface area (Å²) < 4.78 is 5.43. The highest BCUT2D eigenvalue weighted by Crippen LogP contribution is 2.21. The Morgan fingerprint density at radius 3 is 2.40 bits per heavy atom. The third kappa shape index (κ3) is 2.97. The summed E-state index contributed by atoms with van der Waals surface area (Å²) >= 11 is 4.11. The number of hydrogen-bond donors (Lipinski definition) is 1. The molecule has 1 aliphatic heterocycles. The van der Waals surface area contributed by atoms with Crippen molar-refractivity contribution in [3.05, 3.63) is 35.4 Å². The lowest BCUT2D eigenvalue weighted by Crippen LogP contribution is -2.22. The van der Waals surface area contributed by atoms with Gasteiger partial charge in [0.2, 0.25) is 0 Å². The summed E-state index contributed by atoms with van der Waals surface area (Å²) in [6.45, 7) is 4.72. The smallest absolute Gasteiger partial charge is 0.0594 e. The first-order chi connectivity index (χ1) is 7.40. The predicted octanol–water partition coefficient (Wildman–Crippen LogP) is 1.95. The van der Waals surface area contributed by atoms with Gasteiger partial charge in [-0.15, -0.1) is 0 Å². The maximum atomic E-state index is 5.43. The standard InChI is InChI=1S/C12H17NOS/c15-8-7-14-6-5-13-9-11-3-1-2-4-12(11)10-13/h1-4,15H,5-10H2. The molecule has 1 aliphatic rings. The first-order valence-corrected chi connectivity index (χ1v) is 6.01. The summed E-state index contributed by atoms with van der Waals surface area (Å²) in [6, 6.07) is 8.65. The minimum absolute atomic E-state index is 0.754. The second kappa shape index (κ2) is 5.54. The number of hydrogen-bond acceptors (Lipinski definition) is 3. The van der Waals surface area contributed by atoms with Crippen molar-refractivity contribution in [3.8, 4) is 0 Å². The van der Waals surface area contributed by atoms with Crippen LogP contribution in [0.5, 0.6) is 0 Å². The highest BCUT2D eigenvalue weighted by molar-refractivity contribution is 7.80. The second-order valence-corrected chi connectivity index (χ2v) is 4.26. The highest BCUT2D eigenvalue weighted by atomic mass is 32.1. The van der Waals surface area contributed by atoms with Crippen molar-refractivity contribution in [1.29, 1.82) is 0 Å². The van der Waals surface area contributed by atoms with Crippen LogP contribution in [0.4, 0.5) is 0 Å². The minimum atomic E-state index is 0.754. The molecule has 0 bridgehead atoms. The van der Waals surface area contributed by atoms with Gasteiger partial charge in [-0.2, -0.15) is 12.6 Å². The van der Waals surface area contributed by atoms with Gasteiger partial charge in [0.05, 0.1) is 13.2 Å². The lowest BCUT2D eigenvalue weighted by atomic mass is 10.1. The van der Waals surface area contributed by atoms with Gasteiger partial charge in [0, 0.05) is 25.4 Å². The average molecular weight is 223 g/mol. The van der Waals surface area contributed by atoms with E-state index in [-0.39, 0.29) is 0 Å². The van der Waals surface area contributed by atoms with Crippen molar-refractivity contribution in [3.63, 3.8) is 0 Å². The SMILES string of the molecule is SCCOCCN1Cc2ccccc2C1. The van der Waals surface area contributed by atoms with E-state index in [1.165, 1.54) is 11.1 Å². The molecule has 0 aliphatic carbocycles. The number of fused-ring (bicyclic) bond motifs is 1. The summed E-state index contributed by atoms with van der Waals surface area (Å²) in [6.07, 6.45) is 0. The Hall–Kier alpha value is -0.510. The molecule has 0 spiro atoms. The van der Waals surface area contributed by atoms with Crippen LogP contribution in [0.15, 0.2) is 24.3 Å². The summed E-state index contributed by atoms with van der Waals surface area (Å²) in [5.74, 6) is 0.806. The van der Waals surface area contributed by atoms with Crippen molar-refractivity contribution in [2.75, 3.05) is 25.5 Å². The molecule has 82 valence electrons. The predicted molar refractivity (Wildman–Crippen MR) is 65.2 cm³/mol. The van der Waals surface area contributed by atoms with Crippen LogP contribution in [-0.2, 0) is 17.8 Å². The third-order valence-electron chi connectivity index (χ3n) is 2.69. The Labute approximate surface area is 96.6 Å². The Balaban J connectivity index is 1.76. The zero-order valence-corrected chi connectivity index (χ0v) is 9.75. The van der Waals surface area contributed by atoms with Gasteiger partial charge in [-0.25, -0.2) is 0 Å². The van der Waals surface area contributed by atoms with Gasteiger partial charge >= 0.3 is 0 Å². The van der Waals surface area contributed by atoms with Crippen LogP contribution in [0, 0.1) is 0 Å². The van der Waals surface area contributed by atoms with E-state index >= 15 is 0 Å². The van der Waals surface area contributed by atoms with Gasteiger partial charge in [-0.1, -0.05) is 24.3 Å². The van der Waals surface area contributed by atoms with E-state index < -0.39 is 0 Å². The van der Waals surface area contributed by atoms with Gasteiger partial charge in [-0.3, -0.25) is 4.90 Å². The van der Waals surface area contributed by atoms with E-state index in [1.807, 2.05) is 0 Å². The molecule has 0 saturated heterocycles. The van der Waals surface area contributed by atoms with E-state index in [0.717, 1.165) is 38.6 Å². The summed E-state index contributed by atoms with van der Waals surface area (Å²) in [5.41, 5.74) is 2.93. The molecule has 0 N–H and O–H groups in total. The van der Waals surface area contributed by atoms with E-state index in [2.05, 4.69) is 41.8 Å². The molecule has 0 amide bonds. The van der Waals surface area contributed by atoms with Gasteiger partial charge in [0.25, 0.3) is 0 Å². The fourth-order valence-electron chi connectivity index (χ4n) is 1.92. The molecule has 0 atom stereocenters. The summed E-state index contributed by atoms with van der Waals surface area (Å²) in [4.78, 5) is 2.42. The van der Waals surface area contributed by atoms with E-state index in [0.29, 0.717) is 0 Å². The number of thiol groups is 1. The molecule has 15 heavy (non-hydrogen) atoms. The molecule has 1 heterocycles. The van der Waals surface area contributed by atoms with Crippen molar-refractivity contribution in [2.45, 2.75) is 13.1 Å². The van der Waals surface area contributed by atoms with Crippen LogP contribution < -0.4 is 0 Å². The number of rotatable bonds is 5. The van der Waals surface area contributed by atoms with Gasteiger partial charge < -0.3 is 4.74 Å². The maximum Gasteiger partial charge on any atom is 0.0594 e. The van der Waals surface area contributed by atoms with Crippen molar-refractivity contribution >= 4 is 12.6 Å². The Morgan fingerprint density at radius 2 is 1.80 bits per heavy atom. The van der Waals surface area contributed by atoms with Crippen LogP contribution in [0.1, 0.15) is 11.1 Å². The molecule has 3 heteroatoms. The molecule has 0 saturated carbocycles. The zero-order chi connectivity index (χ0) is 10.5. The van der Waals surface area contributed by atoms with Crippen LogP contribution in [0.25, 0.3) is 0 Å². The Morgan fingerprint density at radius 1 is 1.13 bits per heavy atom. The van der Waals surface area contributed by atoms with Crippen molar-refractivity contribution in [2.24, 2.45) is 0 Å². The molecular weight excluding hydrogens is 206 g/mol. The maximum absolute atomic E-state index is 5.43. The lowest BCUT2D eigenvalue weighted by Gasteiger charge is -2.14. The summed E-state index contributed by atoms with van der Waals surface area (Å²) in [7, 11) is 0. The van der Waals surface area contributed by atoms with Crippen molar-refractivity contribution < 1.29 is 4.74 Å². The van der Waals surface area contributed by atoms with E-state index in [1.54, 1.807) is 0 Å². The molecule has 0 aromatic heterocycles. The molecule has 1 aromatic rings. The monoisotopic (exact) mass is 223 g/mol. The summed E-state index contributed by atoms with van der Waals surface area (Å²) in [5, 5.41) is 0. The fraction of sp³-hybridized carbons (Fsp3) is 0.500. The van der Waals surface area contributed by atoms with E-state index in [4.69, 9.17) is 4.74 Å². The van der Waals surface area contributed by atoms with Crippen LogP contribution >= 0.6 is 12.6 Å². The first-order valence-electron chi connectivity index (χ1n) is 5.38. The Bertz CT molecular complexity index is 291. The highest BCUT2D eigenvalue weighted by Gasteiger charge is 2.17. The fourth-order valence-corrected chi connectivity index (χ4v) is 2.05. The lowest BCUT2D eigenvalue weighted by molar-refractivity contribution is 0.115. The van der Waals surface area contributed by atoms with Gasteiger partial charge in [0.1, 0.15) is 0 Å². The molecule has 0 fully saturated rings. The van der Waals surface area contributed by atoms with Crippen LogP contribution in [0.2, 0.25) is 0 Å². The van der Waals surface area contributed by atoms with E-state index in [9.17, 15) is 0 Å². The third-order valence-corrected chi connectivity index (χ3v) is 2.88. The topological polar surface area (TPSA) is 12.5 Å².